The molecule has 4 aromatic rings. The van der Waals surface area contributed by atoms with E-state index in [-0.39, 0.29) is 16.8 Å². The van der Waals surface area contributed by atoms with E-state index in [1.807, 2.05) is 0 Å². The maximum atomic E-state index is 2.58. The van der Waals surface area contributed by atoms with Gasteiger partial charge in [-0.3, -0.25) is 6.16 Å². The molecule has 0 heterocycles. The molecule has 0 spiro atoms. The normalized spacial score (nSPS) is 10.7. The van der Waals surface area contributed by atoms with Crippen LogP contribution in [0.4, 0.5) is 0 Å². The van der Waals surface area contributed by atoms with Crippen molar-refractivity contribution in [2.45, 2.75) is 0 Å². The Morgan fingerprint density at radius 3 is 1.10 bits per heavy atom. The largest absolute Gasteiger partial charge is 0.289 e. The topological polar surface area (TPSA) is 0 Å². The van der Waals surface area contributed by atoms with Crippen molar-refractivity contribution in [3.8, 4) is 0 Å². The molecule has 0 saturated heterocycles. The van der Waals surface area contributed by atoms with Gasteiger partial charge < -0.3 is 0 Å². The SMILES string of the molecule is [Co].c1ccc(P([CH-]CP(c2ccccc2)c2ccccc2)c2ccccc2)cc1. The Hall–Kier alpha value is -1.75. The number of rotatable bonds is 7. The summed E-state index contributed by atoms with van der Waals surface area (Å²) in [4.78, 5) is 0. The predicted molar refractivity (Wildman–Crippen MR) is 127 cm³/mol. The van der Waals surface area contributed by atoms with E-state index in [0.29, 0.717) is 0 Å². The molecule has 4 aromatic carbocycles. The fraction of sp³-hybridized carbons (Fsp3) is 0.0385. The van der Waals surface area contributed by atoms with Gasteiger partial charge in [-0.15, -0.1) is 6.16 Å². The van der Waals surface area contributed by atoms with Crippen LogP contribution in [0.15, 0.2) is 121 Å². The first-order valence-corrected chi connectivity index (χ1v) is 12.5. The van der Waals surface area contributed by atoms with Gasteiger partial charge in [-0.05, 0) is 10.6 Å². The first-order chi connectivity index (χ1) is 13.9. The van der Waals surface area contributed by atoms with E-state index >= 15 is 0 Å². The van der Waals surface area contributed by atoms with Gasteiger partial charge in [-0.1, -0.05) is 140 Å². The zero-order valence-electron chi connectivity index (χ0n) is 16.1. The van der Waals surface area contributed by atoms with E-state index in [4.69, 9.17) is 0 Å². The molecule has 4 rings (SSSR count). The zero-order chi connectivity index (χ0) is 19.0. The van der Waals surface area contributed by atoms with E-state index in [1.54, 1.807) is 0 Å². The first kappa shape index (κ1) is 21.9. The summed E-state index contributed by atoms with van der Waals surface area (Å²) >= 11 is 0. The maximum Gasteiger partial charge on any atom is 0 e. The molecule has 0 amide bonds. The van der Waals surface area contributed by atoms with Gasteiger partial charge >= 0.3 is 0 Å². The van der Waals surface area contributed by atoms with E-state index < -0.39 is 15.8 Å². The Kier molecular flexibility index (Phi) is 8.65. The smallest absolute Gasteiger partial charge is 0 e. The zero-order valence-corrected chi connectivity index (χ0v) is 18.9. The van der Waals surface area contributed by atoms with Crippen LogP contribution in [0.3, 0.4) is 0 Å². The second-order valence-electron chi connectivity index (χ2n) is 6.51. The van der Waals surface area contributed by atoms with Crippen molar-refractivity contribution in [1.29, 1.82) is 0 Å². The van der Waals surface area contributed by atoms with E-state index in [2.05, 4.69) is 127 Å². The van der Waals surface area contributed by atoms with Crippen molar-refractivity contribution < 1.29 is 16.8 Å². The second-order valence-corrected chi connectivity index (χ2v) is 10.9. The Bertz CT molecular complexity index is 798. The van der Waals surface area contributed by atoms with Crippen molar-refractivity contribution in [3.63, 3.8) is 0 Å². The monoisotopic (exact) mass is 456 g/mol. The minimum Gasteiger partial charge on any atom is -0.289 e. The summed E-state index contributed by atoms with van der Waals surface area (Å²) in [5.74, 6) is 0. The van der Waals surface area contributed by atoms with Gasteiger partial charge in [-0.25, -0.2) is 7.92 Å². The van der Waals surface area contributed by atoms with Crippen LogP contribution < -0.4 is 21.2 Å². The van der Waals surface area contributed by atoms with Gasteiger partial charge in [-0.2, -0.15) is 0 Å². The quantitative estimate of drug-likeness (QED) is 0.258. The Morgan fingerprint density at radius 1 is 0.448 bits per heavy atom. The van der Waals surface area contributed by atoms with Crippen LogP contribution in [0.1, 0.15) is 0 Å². The molecular formula is C26H23CoP2-. The van der Waals surface area contributed by atoms with Crippen LogP contribution in [0.2, 0.25) is 0 Å². The van der Waals surface area contributed by atoms with E-state index in [0.717, 1.165) is 6.16 Å². The van der Waals surface area contributed by atoms with Gasteiger partial charge in [0.1, 0.15) is 0 Å². The first-order valence-electron chi connectivity index (χ1n) is 9.52. The number of hydrogen-bond acceptors (Lipinski definition) is 0. The van der Waals surface area contributed by atoms with Gasteiger partial charge in [0.05, 0.1) is 0 Å². The molecule has 3 heteroatoms. The van der Waals surface area contributed by atoms with Crippen LogP contribution in [0.5, 0.6) is 0 Å². The fourth-order valence-corrected chi connectivity index (χ4v) is 8.07. The van der Waals surface area contributed by atoms with Crippen molar-refractivity contribution >= 4 is 37.1 Å². The summed E-state index contributed by atoms with van der Waals surface area (Å²) in [6.45, 7) is 0. The molecule has 0 aliphatic heterocycles. The molecule has 0 atom stereocenters. The molecule has 0 unspecified atom stereocenters. The molecule has 29 heavy (non-hydrogen) atoms. The summed E-state index contributed by atoms with van der Waals surface area (Å²) in [5, 5.41) is 5.71. The molecule has 0 bridgehead atoms. The Balaban J connectivity index is 0.00000240. The van der Waals surface area contributed by atoms with Crippen LogP contribution in [-0.4, -0.2) is 6.16 Å². The van der Waals surface area contributed by atoms with Gasteiger partial charge in [0, 0.05) is 16.8 Å². The van der Waals surface area contributed by atoms with Crippen LogP contribution in [0, 0.1) is 6.16 Å². The van der Waals surface area contributed by atoms with E-state index in [1.165, 1.54) is 21.2 Å². The van der Waals surface area contributed by atoms with Gasteiger partial charge in [0.15, 0.2) is 0 Å². The van der Waals surface area contributed by atoms with Gasteiger partial charge in [0.2, 0.25) is 0 Å². The third-order valence-corrected chi connectivity index (χ3v) is 9.59. The maximum absolute atomic E-state index is 2.58. The average molecular weight is 456 g/mol. The molecule has 0 N–H and O–H groups in total. The minimum atomic E-state index is -0.473. The van der Waals surface area contributed by atoms with Crippen LogP contribution >= 0.6 is 15.8 Å². The average Bonchev–Trinajstić information content (AvgIpc) is 2.79. The predicted octanol–water partition coefficient (Wildman–Crippen LogP) is 5.41. The number of benzene rings is 4. The third-order valence-electron chi connectivity index (χ3n) is 4.65. The third kappa shape index (κ3) is 5.88. The second kappa shape index (κ2) is 11.4. The Labute approximate surface area is 187 Å². The summed E-state index contributed by atoms with van der Waals surface area (Å²) in [7, 11) is -0.876. The van der Waals surface area contributed by atoms with E-state index in [9.17, 15) is 0 Å². The molecule has 0 fully saturated rings. The summed E-state index contributed by atoms with van der Waals surface area (Å²) in [6, 6.07) is 43.8. The standard InChI is InChI=1S/C26H23P2.Co/c1-5-13-23(14-6-1)27(24-15-7-2-8-16-24)21-22-28(25-17-9-3-10-18-25)26-19-11-4-12-20-26;/h1-21H,22H2;/q-1;. The fourth-order valence-electron chi connectivity index (χ4n) is 3.28. The molecule has 0 aromatic heterocycles. The minimum absolute atomic E-state index is 0. The molecule has 0 nitrogen and oxygen atoms in total. The molecule has 0 saturated carbocycles. The van der Waals surface area contributed by atoms with Crippen LogP contribution in [0.25, 0.3) is 0 Å². The van der Waals surface area contributed by atoms with Crippen molar-refractivity contribution in [2.75, 3.05) is 6.16 Å². The van der Waals surface area contributed by atoms with Crippen molar-refractivity contribution in [1.82, 2.24) is 0 Å². The van der Waals surface area contributed by atoms with Gasteiger partial charge in [0.25, 0.3) is 0 Å². The molecule has 1 radical (unpaired) electrons. The molecule has 147 valence electrons. The number of hydrogen-bond donors (Lipinski definition) is 0. The van der Waals surface area contributed by atoms with Crippen molar-refractivity contribution in [2.24, 2.45) is 0 Å². The molecule has 0 aliphatic rings. The molecule has 0 aliphatic carbocycles. The molecular weight excluding hydrogens is 433 g/mol. The van der Waals surface area contributed by atoms with Crippen LogP contribution in [-0.2, 0) is 16.8 Å². The summed E-state index contributed by atoms with van der Waals surface area (Å²) < 4.78 is 0. The van der Waals surface area contributed by atoms with Crippen molar-refractivity contribution in [3.05, 3.63) is 127 Å². The summed E-state index contributed by atoms with van der Waals surface area (Å²) in [5.41, 5.74) is 0. The Morgan fingerprint density at radius 2 is 0.759 bits per heavy atom. The summed E-state index contributed by atoms with van der Waals surface area (Å²) in [6.07, 6.45) is 3.66.